The number of nitrogens with two attached hydrogens (primary N) is 1. The lowest BCUT2D eigenvalue weighted by Gasteiger charge is -2.18. The molecule has 3 unspecified atom stereocenters. The number of H-pyrrole nitrogens is 1. The van der Waals surface area contributed by atoms with Crippen molar-refractivity contribution in [3.05, 3.63) is 29.3 Å². The molecule has 0 saturated carbocycles. The van der Waals surface area contributed by atoms with Crippen molar-refractivity contribution >= 4 is 30.8 Å². The summed E-state index contributed by atoms with van der Waals surface area (Å²) in [6.07, 6.45) is 2.75. The van der Waals surface area contributed by atoms with Crippen molar-refractivity contribution in [2.75, 3.05) is 18.9 Å². The van der Waals surface area contributed by atoms with Gasteiger partial charge < -0.3 is 20.7 Å². The number of nitrogens with one attached hydrogen (secondary N) is 2. The van der Waals surface area contributed by atoms with Crippen molar-refractivity contribution in [3.63, 3.8) is 0 Å². The number of carbonyl (C=O) groups is 1. The molecule has 30 heavy (non-hydrogen) atoms. The second kappa shape index (κ2) is 9.49. The molecule has 1 saturated heterocycles. The topological polar surface area (TPSA) is 184 Å². The number of phosphoric ester groups is 1. The molecule has 0 radical (unpaired) electrons. The Hall–Kier alpha value is -2.57. The van der Waals surface area contributed by atoms with Gasteiger partial charge in [0.05, 0.1) is 12.9 Å². The Morgan fingerprint density at radius 2 is 2.33 bits per heavy atom. The molecule has 0 aromatic carbocycles. The van der Waals surface area contributed by atoms with E-state index in [2.05, 4.69) is 26.8 Å². The number of anilines is 1. The van der Waals surface area contributed by atoms with Gasteiger partial charge in [0.1, 0.15) is 6.23 Å². The van der Waals surface area contributed by atoms with Crippen molar-refractivity contribution < 1.29 is 28.0 Å². The largest absolute Gasteiger partial charge is 0.474 e. The van der Waals surface area contributed by atoms with Crippen LogP contribution in [0, 0.1) is 0 Å². The Morgan fingerprint density at radius 3 is 3.10 bits per heavy atom. The second-order valence-electron chi connectivity index (χ2n) is 6.48. The van der Waals surface area contributed by atoms with Crippen LogP contribution in [-0.2, 0) is 23.1 Å². The smallest absolute Gasteiger partial charge is 0.369 e. The molecular weight excluding hydrogens is 419 g/mol. The molecule has 0 spiro atoms. The molecule has 2 aromatic rings. The minimum Gasteiger partial charge on any atom is -0.369 e. The van der Waals surface area contributed by atoms with Crippen LogP contribution >= 0.6 is 7.82 Å². The Balaban J connectivity index is 1.48. The van der Waals surface area contributed by atoms with Gasteiger partial charge in [0.15, 0.2) is 17.5 Å². The van der Waals surface area contributed by atoms with Gasteiger partial charge in [-0.25, -0.2) is 9.55 Å². The van der Waals surface area contributed by atoms with E-state index in [0.717, 1.165) is 6.08 Å². The summed E-state index contributed by atoms with van der Waals surface area (Å²) in [6.45, 7) is 3.72. The molecule has 3 rings (SSSR count). The van der Waals surface area contributed by atoms with Crippen LogP contribution in [0.15, 0.2) is 23.8 Å². The summed E-state index contributed by atoms with van der Waals surface area (Å²) < 4.78 is 29.3. The van der Waals surface area contributed by atoms with E-state index < -0.39 is 25.9 Å². The first-order valence-corrected chi connectivity index (χ1v) is 10.7. The molecular formula is C16H23N6O7P. The highest BCUT2D eigenvalue weighted by Gasteiger charge is 2.35. The molecule has 2 aromatic heterocycles. The van der Waals surface area contributed by atoms with E-state index in [9.17, 15) is 19.0 Å². The van der Waals surface area contributed by atoms with Crippen molar-refractivity contribution in [3.8, 4) is 0 Å². The van der Waals surface area contributed by atoms with Gasteiger partial charge in [-0.1, -0.05) is 6.58 Å². The zero-order valence-electron chi connectivity index (χ0n) is 16.0. The van der Waals surface area contributed by atoms with Gasteiger partial charge in [-0.3, -0.25) is 28.2 Å². The number of unbranched alkanes of at least 4 members (excludes halogenated alkanes) is 1. The predicted molar refractivity (Wildman–Crippen MR) is 105 cm³/mol. The van der Waals surface area contributed by atoms with Crippen LogP contribution in [0.25, 0.3) is 11.2 Å². The third-order valence-electron chi connectivity index (χ3n) is 4.28. The molecule has 164 valence electrons. The van der Waals surface area contributed by atoms with E-state index >= 15 is 0 Å². The summed E-state index contributed by atoms with van der Waals surface area (Å²) in [5, 5.41) is 2.59. The van der Waals surface area contributed by atoms with Gasteiger partial charge in [-0.2, -0.15) is 4.98 Å². The van der Waals surface area contributed by atoms with Crippen LogP contribution in [0.2, 0.25) is 0 Å². The minimum absolute atomic E-state index is 0.0218. The maximum atomic E-state index is 12.1. The van der Waals surface area contributed by atoms with E-state index in [4.69, 9.17) is 19.5 Å². The fourth-order valence-electron chi connectivity index (χ4n) is 2.90. The average molecular weight is 442 g/mol. The summed E-state index contributed by atoms with van der Waals surface area (Å²) in [7, 11) is -4.33. The first-order chi connectivity index (χ1) is 14.3. The normalized spacial score (nSPS) is 20.8. The van der Waals surface area contributed by atoms with E-state index in [-0.39, 0.29) is 29.6 Å². The first kappa shape index (κ1) is 22.1. The zero-order chi connectivity index (χ0) is 21.7. The van der Waals surface area contributed by atoms with Crippen LogP contribution in [0.1, 0.15) is 31.9 Å². The minimum atomic E-state index is -4.33. The lowest BCUT2D eigenvalue weighted by Crippen LogP contribution is -2.22. The number of fused-ring (bicyclic) bond motifs is 1. The van der Waals surface area contributed by atoms with E-state index in [1.165, 1.54) is 10.9 Å². The highest BCUT2D eigenvalue weighted by molar-refractivity contribution is 7.47. The number of amides is 1. The van der Waals surface area contributed by atoms with Crippen molar-refractivity contribution in [2.24, 2.45) is 0 Å². The zero-order valence-corrected chi connectivity index (χ0v) is 16.9. The fraction of sp³-hybridized carbons (Fsp3) is 0.500. The number of hydrogen-bond donors (Lipinski definition) is 4. The van der Waals surface area contributed by atoms with E-state index in [0.29, 0.717) is 32.2 Å². The van der Waals surface area contributed by atoms with Crippen LogP contribution < -0.4 is 16.6 Å². The van der Waals surface area contributed by atoms with Gasteiger partial charge in [-0.05, 0) is 25.3 Å². The molecule has 13 nitrogen and oxygen atoms in total. The maximum Gasteiger partial charge on any atom is 0.474 e. The molecule has 3 heterocycles. The summed E-state index contributed by atoms with van der Waals surface area (Å²) >= 11 is 0. The highest BCUT2D eigenvalue weighted by atomic mass is 31.2. The summed E-state index contributed by atoms with van der Waals surface area (Å²) in [4.78, 5) is 43.2. The van der Waals surface area contributed by atoms with Gasteiger partial charge in [-0.15, -0.1) is 0 Å². The summed E-state index contributed by atoms with van der Waals surface area (Å²) in [5.74, 6) is -0.342. The molecule has 3 atom stereocenters. The number of aromatic amines is 1. The quantitative estimate of drug-likeness (QED) is 0.230. The monoisotopic (exact) mass is 442 g/mol. The predicted octanol–water partition coefficient (Wildman–Crippen LogP) is 0.553. The molecule has 1 fully saturated rings. The number of rotatable bonds is 10. The first-order valence-electron chi connectivity index (χ1n) is 9.23. The molecule has 0 aliphatic carbocycles. The highest BCUT2D eigenvalue weighted by Crippen LogP contribution is 2.47. The number of carbonyl (C=O) groups excluding carboxylic acids is 1. The number of phosphoric acid groups is 1. The number of ether oxygens (including phenoxy) is 1. The van der Waals surface area contributed by atoms with Crippen molar-refractivity contribution in [1.29, 1.82) is 0 Å². The molecule has 1 aliphatic heterocycles. The van der Waals surface area contributed by atoms with Crippen LogP contribution in [-0.4, -0.2) is 49.8 Å². The Labute approximate surface area is 170 Å². The molecule has 1 amide bonds. The SMILES string of the molecule is C=CC(=O)NCCCCOP(=O)(O)OC1CCC(n2cnc3c(=O)[nH]c(N)nc32)O1. The standard InChI is InChI=1S/C16H23N6O7P/c1-2-10(23)18-7-3-4-8-27-30(25,26)29-12-6-5-11(28-12)22-9-19-13-14(22)20-16(17)21-15(13)24/h2,9,11-12H,1,3-8H2,(H,18,23)(H,25,26)(H3,17,20,21,24). The molecule has 0 bridgehead atoms. The van der Waals surface area contributed by atoms with Gasteiger partial charge in [0, 0.05) is 13.0 Å². The van der Waals surface area contributed by atoms with Crippen LogP contribution in [0.4, 0.5) is 5.95 Å². The summed E-state index contributed by atoms with van der Waals surface area (Å²) in [6, 6.07) is 0. The van der Waals surface area contributed by atoms with Gasteiger partial charge in [0.25, 0.3) is 5.56 Å². The fourth-order valence-corrected chi connectivity index (χ4v) is 3.77. The lowest BCUT2D eigenvalue weighted by atomic mass is 10.3. The second-order valence-corrected chi connectivity index (χ2v) is 7.89. The number of nitrogens with zero attached hydrogens (tertiary/aromatic N) is 3. The van der Waals surface area contributed by atoms with Gasteiger partial charge >= 0.3 is 7.82 Å². The molecule has 1 aliphatic rings. The summed E-state index contributed by atoms with van der Waals surface area (Å²) in [5.41, 5.74) is 5.46. The van der Waals surface area contributed by atoms with E-state index in [1.807, 2.05) is 0 Å². The number of aromatic nitrogens is 4. The van der Waals surface area contributed by atoms with Crippen LogP contribution in [0.5, 0.6) is 0 Å². The number of nitrogen functional groups attached to an aromatic ring is 1. The third kappa shape index (κ3) is 5.52. The van der Waals surface area contributed by atoms with Gasteiger partial charge in [0.2, 0.25) is 11.9 Å². The van der Waals surface area contributed by atoms with Crippen molar-refractivity contribution in [1.82, 2.24) is 24.8 Å². The Bertz CT molecular complexity index is 1020. The molecule has 14 heteroatoms. The van der Waals surface area contributed by atoms with Crippen LogP contribution in [0.3, 0.4) is 0 Å². The third-order valence-corrected chi connectivity index (χ3v) is 5.29. The average Bonchev–Trinajstić information content (AvgIpc) is 3.30. The van der Waals surface area contributed by atoms with Crippen molar-refractivity contribution in [2.45, 2.75) is 38.2 Å². The lowest BCUT2D eigenvalue weighted by molar-refractivity contribution is -0.116. The Morgan fingerprint density at radius 1 is 1.53 bits per heavy atom. The van der Waals surface area contributed by atoms with E-state index in [1.54, 1.807) is 0 Å². The number of hydrogen-bond acceptors (Lipinski definition) is 9. The maximum absolute atomic E-state index is 12.1. The molecule has 5 N–H and O–H groups in total. The number of imidazole rings is 1. The Kier molecular flexibility index (Phi) is 7.00.